The fraction of sp³-hybridized carbons (Fsp3) is 0.421. The number of carbonyl (C=O) groups excluding carboxylic acids is 1. The van der Waals surface area contributed by atoms with Crippen LogP contribution in [0.4, 0.5) is 5.69 Å². The number of hydrogen-bond acceptors (Lipinski definition) is 6. The summed E-state index contributed by atoms with van der Waals surface area (Å²) in [5.41, 5.74) is 1.66. The molecule has 8 nitrogen and oxygen atoms in total. The number of aromatic nitrogens is 2. The monoisotopic (exact) mass is 404 g/mol. The van der Waals surface area contributed by atoms with Gasteiger partial charge in [0.1, 0.15) is 6.10 Å². The van der Waals surface area contributed by atoms with Crippen molar-refractivity contribution < 1.29 is 14.5 Å². The molecule has 28 heavy (non-hydrogen) atoms. The lowest BCUT2D eigenvalue weighted by atomic mass is 9.92. The molecule has 1 aromatic heterocycles. The Morgan fingerprint density at radius 1 is 1.18 bits per heavy atom. The fourth-order valence-electron chi connectivity index (χ4n) is 3.28. The second-order valence-corrected chi connectivity index (χ2v) is 7.33. The summed E-state index contributed by atoms with van der Waals surface area (Å²) >= 11 is 6.04. The van der Waals surface area contributed by atoms with Crippen LogP contribution in [0.15, 0.2) is 24.3 Å². The van der Waals surface area contributed by atoms with Gasteiger partial charge in [-0.2, -0.15) is 0 Å². The minimum absolute atomic E-state index is 0.00393. The average Bonchev–Trinajstić information content (AvgIpc) is 2.62. The molecule has 1 fully saturated rings. The van der Waals surface area contributed by atoms with Crippen molar-refractivity contribution in [1.82, 2.24) is 15.3 Å². The molecule has 3 rings (SSSR count). The molecule has 2 aromatic rings. The van der Waals surface area contributed by atoms with E-state index in [9.17, 15) is 14.9 Å². The van der Waals surface area contributed by atoms with Gasteiger partial charge in [-0.25, -0.2) is 9.97 Å². The molecular weight excluding hydrogens is 384 g/mol. The van der Waals surface area contributed by atoms with Crippen molar-refractivity contribution in [3.05, 3.63) is 56.4 Å². The van der Waals surface area contributed by atoms with E-state index in [4.69, 9.17) is 16.3 Å². The molecule has 0 aliphatic heterocycles. The first kappa shape index (κ1) is 20.0. The number of rotatable bonds is 5. The summed E-state index contributed by atoms with van der Waals surface area (Å²) < 4.78 is 5.89. The molecule has 0 saturated heterocycles. The van der Waals surface area contributed by atoms with E-state index >= 15 is 0 Å². The molecule has 0 spiro atoms. The summed E-state index contributed by atoms with van der Waals surface area (Å²) in [4.78, 5) is 31.4. The van der Waals surface area contributed by atoms with Gasteiger partial charge in [-0.1, -0.05) is 11.6 Å². The smallest absolute Gasteiger partial charge is 0.317 e. The molecule has 9 heteroatoms. The molecule has 148 valence electrons. The maximum Gasteiger partial charge on any atom is 0.317 e. The summed E-state index contributed by atoms with van der Waals surface area (Å²) in [6, 6.07) is 6.07. The lowest BCUT2D eigenvalue weighted by molar-refractivity contribution is -0.384. The largest absolute Gasteiger partial charge is 0.460 e. The quantitative estimate of drug-likeness (QED) is 0.600. The van der Waals surface area contributed by atoms with Gasteiger partial charge in [0.2, 0.25) is 0 Å². The van der Waals surface area contributed by atoms with Gasteiger partial charge in [0, 0.05) is 29.6 Å². The van der Waals surface area contributed by atoms with Crippen LogP contribution in [0.1, 0.15) is 47.4 Å². The van der Waals surface area contributed by atoms with Crippen molar-refractivity contribution in [2.75, 3.05) is 0 Å². The van der Waals surface area contributed by atoms with Gasteiger partial charge in [-0.05, 0) is 51.7 Å². The number of nitrogens with zero attached hydrogens (tertiary/aromatic N) is 3. The lowest BCUT2D eigenvalue weighted by Crippen LogP contribution is -2.40. The first-order valence-electron chi connectivity index (χ1n) is 9.05. The molecule has 0 unspecified atom stereocenters. The third-order valence-corrected chi connectivity index (χ3v) is 4.98. The Morgan fingerprint density at radius 3 is 2.43 bits per heavy atom. The van der Waals surface area contributed by atoms with E-state index in [1.807, 2.05) is 19.9 Å². The maximum absolute atomic E-state index is 12.5. The van der Waals surface area contributed by atoms with Gasteiger partial charge in [0.15, 0.2) is 0 Å². The van der Waals surface area contributed by atoms with Gasteiger partial charge >= 0.3 is 6.01 Å². The predicted molar refractivity (Wildman–Crippen MR) is 104 cm³/mol. The van der Waals surface area contributed by atoms with Crippen LogP contribution in [0.5, 0.6) is 6.01 Å². The fourth-order valence-corrected chi connectivity index (χ4v) is 3.49. The molecule has 1 heterocycles. The zero-order valence-corrected chi connectivity index (χ0v) is 16.4. The van der Waals surface area contributed by atoms with E-state index in [0.717, 1.165) is 37.1 Å². The Morgan fingerprint density at radius 2 is 1.82 bits per heavy atom. The predicted octanol–water partition coefficient (Wildman–Crippen LogP) is 3.78. The molecule has 1 saturated carbocycles. The zero-order valence-electron chi connectivity index (χ0n) is 15.6. The second kappa shape index (κ2) is 8.52. The molecule has 1 aliphatic carbocycles. The molecule has 1 N–H and O–H groups in total. The first-order valence-corrected chi connectivity index (χ1v) is 9.43. The van der Waals surface area contributed by atoms with E-state index in [1.165, 1.54) is 18.2 Å². The summed E-state index contributed by atoms with van der Waals surface area (Å²) in [6.07, 6.45) is 2.96. The van der Waals surface area contributed by atoms with Crippen LogP contribution in [0.25, 0.3) is 0 Å². The Kier molecular flexibility index (Phi) is 6.08. The maximum atomic E-state index is 12.5. The van der Waals surface area contributed by atoms with Gasteiger partial charge < -0.3 is 10.1 Å². The Balaban J connectivity index is 1.56. The van der Waals surface area contributed by atoms with Crippen molar-refractivity contribution in [1.29, 1.82) is 0 Å². The van der Waals surface area contributed by atoms with Crippen molar-refractivity contribution in [3.8, 4) is 6.01 Å². The van der Waals surface area contributed by atoms with Gasteiger partial charge in [0.05, 0.1) is 15.5 Å². The highest BCUT2D eigenvalue weighted by Gasteiger charge is 2.26. The average molecular weight is 405 g/mol. The van der Waals surface area contributed by atoms with Crippen LogP contribution >= 0.6 is 11.6 Å². The van der Waals surface area contributed by atoms with Crippen LogP contribution in [0.2, 0.25) is 5.02 Å². The third kappa shape index (κ3) is 4.95. The molecule has 0 atom stereocenters. The molecular formula is C19H21ClN4O4. The number of hydrogen-bond donors (Lipinski definition) is 1. The highest BCUT2D eigenvalue weighted by atomic mass is 35.5. The van der Waals surface area contributed by atoms with Crippen molar-refractivity contribution >= 4 is 23.2 Å². The van der Waals surface area contributed by atoms with E-state index in [-0.39, 0.29) is 28.4 Å². The molecule has 1 aliphatic rings. The number of ether oxygens (including phenoxy) is 1. The number of nitro benzene ring substituents is 1. The Labute approximate surface area is 167 Å². The summed E-state index contributed by atoms with van der Waals surface area (Å²) in [6.45, 7) is 3.79. The minimum Gasteiger partial charge on any atom is -0.460 e. The van der Waals surface area contributed by atoms with E-state index in [0.29, 0.717) is 6.01 Å². The van der Waals surface area contributed by atoms with Crippen LogP contribution in [0, 0.1) is 24.0 Å². The first-order chi connectivity index (χ1) is 13.3. The number of benzene rings is 1. The second-order valence-electron chi connectivity index (χ2n) is 6.92. The summed E-state index contributed by atoms with van der Waals surface area (Å²) in [7, 11) is 0. The minimum atomic E-state index is -0.551. The molecule has 1 amide bonds. The number of carbonyl (C=O) groups is 1. The molecule has 0 bridgehead atoms. The Hall–Kier alpha value is -2.74. The lowest BCUT2D eigenvalue weighted by Gasteiger charge is -2.29. The number of nitrogens with one attached hydrogen (secondary N) is 1. The summed E-state index contributed by atoms with van der Waals surface area (Å²) in [5.74, 6) is -0.407. The standard InChI is InChI=1S/C19H21ClN4O4/c1-11-9-12(2)22-19(21-11)28-15-6-3-13(4-7-15)23-18(25)16-10-14(24(26)27)5-8-17(16)20/h5,8-10,13,15H,3-4,6-7H2,1-2H3,(H,23,25). The van der Waals surface area contributed by atoms with Crippen molar-refractivity contribution in [2.45, 2.75) is 51.7 Å². The van der Waals surface area contributed by atoms with Crippen LogP contribution in [-0.4, -0.2) is 32.9 Å². The van der Waals surface area contributed by atoms with Gasteiger partial charge in [0.25, 0.3) is 11.6 Å². The normalized spacial score (nSPS) is 19.1. The van der Waals surface area contributed by atoms with Crippen molar-refractivity contribution in [3.63, 3.8) is 0 Å². The number of amides is 1. The van der Waals surface area contributed by atoms with E-state index < -0.39 is 10.8 Å². The van der Waals surface area contributed by atoms with E-state index in [1.54, 1.807) is 0 Å². The zero-order chi connectivity index (χ0) is 20.3. The number of aryl methyl sites for hydroxylation is 2. The SMILES string of the molecule is Cc1cc(C)nc(OC2CCC(NC(=O)c3cc([N+](=O)[O-])ccc3Cl)CC2)n1. The highest BCUT2D eigenvalue weighted by molar-refractivity contribution is 6.33. The number of halogens is 1. The summed E-state index contributed by atoms with van der Waals surface area (Å²) in [5, 5.41) is 14.0. The highest BCUT2D eigenvalue weighted by Crippen LogP contribution is 2.25. The topological polar surface area (TPSA) is 107 Å². The van der Waals surface area contributed by atoms with Gasteiger partial charge in [-0.3, -0.25) is 14.9 Å². The van der Waals surface area contributed by atoms with Crippen molar-refractivity contribution in [2.24, 2.45) is 0 Å². The van der Waals surface area contributed by atoms with Crippen LogP contribution in [0.3, 0.4) is 0 Å². The van der Waals surface area contributed by atoms with Crippen LogP contribution in [-0.2, 0) is 0 Å². The number of non-ortho nitro benzene ring substituents is 1. The molecule has 1 aromatic carbocycles. The number of nitro groups is 1. The van der Waals surface area contributed by atoms with Gasteiger partial charge in [-0.15, -0.1) is 0 Å². The van der Waals surface area contributed by atoms with Crippen LogP contribution < -0.4 is 10.1 Å². The Bertz CT molecular complexity index is 877. The van der Waals surface area contributed by atoms with E-state index in [2.05, 4.69) is 15.3 Å². The third-order valence-electron chi connectivity index (χ3n) is 4.65. The molecule has 0 radical (unpaired) electrons.